The summed E-state index contributed by atoms with van der Waals surface area (Å²) in [6.45, 7) is 1.34. The molecule has 1 atom stereocenters. The standard InChI is InChI=1S/C21H20FN3O2/c22-18-8-4-7-16(9-18)12-25-21-19(11-23-25)17(10-20(26)24-21)14-27-13-15-5-2-1-3-6-15/h1-9,11,17H,10,12-14H2,(H,24,26)/t17-/m1/s1. The predicted molar refractivity (Wildman–Crippen MR) is 99.8 cm³/mol. The topological polar surface area (TPSA) is 56.1 Å². The molecule has 2 heterocycles. The van der Waals surface area contributed by atoms with E-state index in [1.807, 2.05) is 36.4 Å². The van der Waals surface area contributed by atoms with Crippen molar-refractivity contribution in [2.75, 3.05) is 11.9 Å². The Morgan fingerprint density at radius 3 is 2.78 bits per heavy atom. The Morgan fingerprint density at radius 1 is 1.15 bits per heavy atom. The molecule has 0 radical (unpaired) electrons. The van der Waals surface area contributed by atoms with Gasteiger partial charge in [0.15, 0.2) is 0 Å². The van der Waals surface area contributed by atoms with Gasteiger partial charge in [0.1, 0.15) is 11.6 Å². The number of carbonyl (C=O) groups excluding carboxylic acids is 1. The Kier molecular flexibility index (Phi) is 4.98. The van der Waals surface area contributed by atoms with Crippen molar-refractivity contribution in [1.29, 1.82) is 0 Å². The molecule has 3 aromatic rings. The van der Waals surface area contributed by atoms with Crippen molar-refractivity contribution in [2.24, 2.45) is 0 Å². The van der Waals surface area contributed by atoms with Gasteiger partial charge in [-0.15, -0.1) is 0 Å². The van der Waals surface area contributed by atoms with Crippen LogP contribution in [0, 0.1) is 5.82 Å². The van der Waals surface area contributed by atoms with Crippen molar-refractivity contribution in [3.63, 3.8) is 0 Å². The number of nitrogens with zero attached hydrogens (tertiary/aromatic N) is 2. The molecule has 138 valence electrons. The van der Waals surface area contributed by atoms with Crippen LogP contribution in [0.25, 0.3) is 0 Å². The van der Waals surface area contributed by atoms with Gasteiger partial charge in [0.05, 0.1) is 26.0 Å². The van der Waals surface area contributed by atoms with Crippen molar-refractivity contribution >= 4 is 11.7 Å². The third kappa shape index (κ3) is 4.06. The molecule has 2 aromatic carbocycles. The minimum absolute atomic E-state index is 0.0429. The molecule has 0 saturated heterocycles. The number of benzene rings is 2. The second-order valence-electron chi connectivity index (χ2n) is 6.69. The first-order chi connectivity index (χ1) is 13.2. The largest absolute Gasteiger partial charge is 0.376 e. The van der Waals surface area contributed by atoms with Crippen LogP contribution in [0.1, 0.15) is 29.0 Å². The van der Waals surface area contributed by atoms with Crippen LogP contribution in [-0.2, 0) is 22.7 Å². The highest BCUT2D eigenvalue weighted by Gasteiger charge is 2.29. The molecule has 0 unspecified atom stereocenters. The fourth-order valence-corrected chi connectivity index (χ4v) is 3.32. The van der Waals surface area contributed by atoms with Gasteiger partial charge in [-0.1, -0.05) is 42.5 Å². The fourth-order valence-electron chi connectivity index (χ4n) is 3.32. The summed E-state index contributed by atoms with van der Waals surface area (Å²) in [7, 11) is 0. The monoisotopic (exact) mass is 365 g/mol. The molecule has 1 amide bonds. The number of anilines is 1. The van der Waals surface area contributed by atoms with E-state index in [2.05, 4.69) is 10.4 Å². The highest BCUT2D eigenvalue weighted by atomic mass is 19.1. The van der Waals surface area contributed by atoms with E-state index in [9.17, 15) is 9.18 Å². The zero-order valence-electron chi connectivity index (χ0n) is 14.8. The zero-order chi connectivity index (χ0) is 18.6. The highest BCUT2D eigenvalue weighted by Crippen LogP contribution is 2.32. The lowest BCUT2D eigenvalue weighted by Gasteiger charge is -2.23. The normalized spacial score (nSPS) is 16.0. The Bertz CT molecular complexity index is 940. The van der Waals surface area contributed by atoms with E-state index in [1.165, 1.54) is 12.1 Å². The summed E-state index contributed by atoms with van der Waals surface area (Å²) < 4.78 is 21.0. The van der Waals surface area contributed by atoms with Crippen molar-refractivity contribution < 1.29 is 13.9 Å². The lowest BCUT2D eigenvalue weighted by molar-refractivity contribution is -0.117. The summed E-state index contributed by atoms with van der Waals surface area (Å²) in [5.74, 6) is 0.282. The van der Waals surface area contributed by atoms with Gasteiger partial charge in [-0.05, 0) is 23.3 Å². The second kappa shape index (κ2) is 7.72. The number of halogens is 1. The van der Waals surface area contributed by atoms with Crippen LogP contribution >= 0.6 is 0 Å². The lowest BCUT2D eigenvalue weighted by Crippen LogP contribution is -2.26. The van der Waals surface area contributed by atoms with E-state index in [4.69, 9.17) is 4.74 Å². The summed E-state index contributed by atoms with van der Waals surface area (Å²) in [5.41, 5.74) is 2.84. The molecule has 0 saturated carbocycles. The maximum atomic E-state index is 13.4. The van der Waals surface area contributed by atoms with Crippen molar-refractivity contribution in [3.05, 3.63) is 83.3 Å². The predicted octanol–water partition coefficient (Wildman–Crippen LogP) is 3.71. The third-order valence-electron chi connectivity index (χ3n) is 4.65. The van der Waals surface area contributed by atoms with Gasteiger partial charge >= 0.3 is 0 Å². The molecule has 5 nitrogen and oxygen atoms in total. The summed E-state index contributed by atoms with van der Waals surface area (Å²) in [4.78, 5) is 12.2. The maximum Gasteiger partial charge on any atom is 0.226 e. The number of carbonyl (C=O) groups is 1. The highest BCUT2D eigenvalue weighted by molar-refractivity contribution is 5.93. The smallest absolute Gasteiger partial charge is 0.226 e. The molecule has 1 aromatic heterocycles. The van der Waals surface area contributed by atoms with E-state index < -0.39 is 0 Å². The van der Waals surface area contributed by atoms with Crippen LogP contribution < -0.4 is 5.32 Å². The van der Waals surface area contributed by atoms with E-state index in [1.54, 1.807) is 16.9 Å². The molecule has 0 bridgehead atoms. The molecule has 4 rings (SSSR count). The first-order valence-electron chi connectivity index (χ1n) is 8.91. The second-order valence-corrected chi connectivity index (χ2v) is 6.69. The van der Waals surface area contributed by atoms with Gasteiger partial charge in [0, 0.05) is 17.9 Å². The Morgan fingerprint density at radius 2 is 1.96 bits per heavy atom. The van der Waals surface area contributed by atoms with Gasteiger partial charge in [0.25, 0.3) is 0 Å². The molecule has 6 heteroatoms. The molecule has 1 aliphatic heterocycles. The van der Waals surface area contributed by atoms with Gasteiger partial charge in [-0.3, -0.25) is 4.79 Å². The Labute approximate surface area is 156 Å². The molecule has 1 N–H and O–H groups in total. The molecule has 0 fully saturated rings. The lowest BCUT2D eigenvalue weighted by atomic mass is 9.95. The molecular formula is C21H20FN3O2. The van der Waals surface area contributed by atoms with E-state index >= 15 is 0 Å². The summed E-state index contributed by atoms with van der Waals surface area (Å²) >= 11 is 0. The third-order valence-corrected chi connectivity index (χ3v) is 4.65. The van der Waals surface area contributed by atoms with Crippen molar-refractivity contribution in [2.45, 2.75) is 25.5 Å². The molecule has 27 heavy (non-hydrogen) atoms. The van der Waals surface area contributed by atoms with E-state index in [0.29, 0.717) is 32.0 Å². The summed E-state index contributed by atoms with van der Waals surface area (Å²) in [5, 5.41) is 7.29. The van der Waals surface area contributed by atoms with Crippen molar-refractivity contribution in [1.82, 2.24) is 9.78 Å². The summed E-state index contributed by atoms with van der Waals surface area (Å²) in [6, 6.07) is 16.3. The van der Waals surface area contributed by atoms with Crippen LogP contribution in [0.3, 0.4) is 0 Å². The van der Waals surface area contributed by atoms with Crippen LogP contribution in [-0.4, -0.2) is 22.3 Å². The van der Waals surface area contributed by atoms with Crippen LogP contribution in [0.2, 0.25) is 0 Å². The number of fused-ring (bicyclic) bond motifs is 1. The van der Waals surface area contributed by atoms with E-state index in [0.717, 1.165) is 16.7 Å². The zero-order valence-corrected chi connectivity index (χ0v) is 14.8. The molecule has 1 aliphatic rings. The Hall–Kier alpha value is -2.99. The Balaban J connectivity index is 1.47. The first-order valence-corrected chi connectivity index (χ1v) is 8.91. The maximum absolute atomic E-state index is 13.4. The average molecular weight is 365 g/mol. The number of aromatic nitrogens is 2. The number of ether oxygens (including phenoxy) is 1. The first kappa shape index (κ1) is 17.4. The number of amides is 1. The quantitative estimate of drug-likeness (QED) is 0.724. The van der Waals surface area contributed by atoms with Crippen LogP contribution in [0.4, 0.5) is 10.2 Å². The van der Waals surface area contributed by atoms with Gasteiger partial charge in [-0.25, -0.2) is 9.07 Å². The van der Waals surface area contributed by atoms with Gasteiger partial charge in [0.2, 0.25) is 5.91 Å². The van der Waals surface area contributed by atoms with Crippen molar-refractivity contribution in [3.8, 4) is 0 Å². The number of hydrogen-bond acceptors (Lipinski definition) is 3. The SMILES string of the molecule is O=C1C[C@H](COCc2ccccc2)c2cnn(Cc3cccc(F)c3)c2N1. The van der Waals surface area contributed by atoms with Gasteiger partial charge < -0.3 is 10.1 Å². The fraction of sp³-hybridized carbons (Fsp3) is 0.238. The van der Waals surface area contributed by atoms with E-state index in [-0.39, 0.29) is 17.6 Å². The molecule has 0 aliphatic carbocycles. The van der Waals surface area contributed by atoms with Gasteiger partial charge in [-0.2, -0.15) is 5.10 Å². The van der Waals surface area contributed by atoms with Crippen LogP contribution in [0.5, 0.6) is 0 Å². The molecular weight excluding hydrogens is 345 g/mol. The average Bonchev–Trinajstić information content (AvgIpc) is 3.05. The molecule has 0 spiro atoms. The number of hydrogen-bond donors (Lipinski definition) is 1. The minimum Gasteiger partial charge on any atom is -0.376 e. The minimum atomic E-state index is -0.287. The number of rotatable bonds is 6. The van der Waals surface area contributed by atoms with Crippen LogP contribution in [0.15, 0.2) is 60.8 Å². The number of nitrogens with one attached hydrogen (secondary N) is 1. The summed E-state index contributed by atoms with van der Waals surface area (Å²) in [6.07, 6.45) is 2.14.